The third-order valence-corrected chi connectivity index (χ3v) is 4.48. The first kappa shape index (κ1) is 18.7. The van der Waals surface area contributed by atoms with E-state index in [0.717, 1.165) is 5.56 Å². The lowest BCUT2D eigenvalue weighted by Crippen LogP contribution is -2.24. The largest absolute Gasteiger partial charge is 0.476 e. The van der Waals surface area contributed by atoms with Crippen molar-refractivity contribution in [3.63, 3.8) is 0 Å². The summed E-state index contributed by atoms with van der Waals surface area (Å²) in [7, 11) is 1.89. The number of nitrogens with zero attached hydrogens (tertiary/aromatic N) is 3. The number of carboxylic acid groups (broad SMARTS) is 1. The smallest absolute Gasteiger partial charge is 0.356 e. The number of nitrogens with one attached hydrogen (secondary N) is 2. The van der Waals surface area contributed by atoms with Crippen LogP contribution in [0.3, 0.4) is 0 Å². The van der Waals surface area contributed by atoms with Crippen LogP contribution in [-0.2, 0) is 0 Å². The van der Waals surface area contributed by atoms with Crippen molar-refractivity contribution in [3.05, 3.63) is 59.7 Å². The number of hydrogen-bond acceptors (Lipinski definition) is 6. The molecule has 0 saturated heterocycles. The molecule has 1 unspecified atom stereocenters. The summed E-state index contributed by atoms with van der Waals surface area (Å²) >= 11 is 0. The summed E-state index contributed by atoms with van der Waals surface area (Å²) in [6, 6.07) is 10.2. The number of hydrogen-bond donors (Lipinski definition) is 3. The highest BCUT2D eigenvalue weighted by Gasteiger charge is 2.17. The first-order valence-electron chi connectivity index (χ1n) is 8.85. The number of anilines is 1. The Morgan fingerprint density at radius 3 is 2.41 bits per heavy atom. The van der Waals surface area contributed by atoms with Gasteiger partial charge in [-0.2, -0.15) is 0 Å². The van der Waals surface area contributed by atoms with Crippen molar-refractivity contribution in [1.29, 1.82) is 0 Å². The summed E-state index contributed by atoms with van der Waals surface area (Å²) in [5.74, 6) is -0.0538. The van der Waals surface area contributed by atoms with E-state index in [4.69, 9.17) is 0 Å². The first-order chi connectivity index (χ1) is 13.0. The summed E-state index contributed by atoms with van der Waals surface area (Å²) in [6.45, 7) is 5.02. The van der Waals surface area contributed by atoms with Gasteiger partial charge in [0.05, 0.1) is 6.04 Å². The van der Waals surface area contributed by atoms with Gasteiger partial charge in [-0.05, 0) is 30.2 Å². The minimum absolute atomic E-state index is 0.0317. The van der Waals surface area contributed by atoms with Crippen molar-refractivity contribution >= 4 is 22.7 Å². The Hall–Kier alpha value is -3.06. The highest BCUT2D eigenvalue weighted by Crippen LogP contribution is 2.26. The number of carboxylic acids is 1. The van der Waals surface area contributed by atoms with Gasteiger partial charge in [-0.15, -0.1) is 0 Å². The lowest BCUT2D eigenvalue weighted by Gasteiger charge is -2.21. The van der Waals surface area contributed by atoms with E-state index in [1.54, 1.807) is 6.07 Å². The molecule has 3 N–H and O–H groups in total. The SMILES string of the molecule is CNCC(Nc1ncnc2c(C(=O)O)nccc12)c1ccc(C(C)C)cc1. The van der Waals surface area contributed by atoms with Crippen LogP contribution in [0.2, 0.25) is 0 Å². The lowest BCUT2D eigenvalue weighted by atomic mass is 9.99. The summed E-state index contributed by atoms with van der Waals surface area (Å²) in [6.07, 6.45) is 2.82. The first-order valence-corrected chi connectivity index (χ1v) is 8.85. The summed E-state index contributed by atoms with van der Waals surface area (Å²) in [5, 5.41) is 16.6. The average Bonchev–Trinajstić information content (AvgIpc) is 2.67. The van der Waals surface area contributed by atoms with Crippen molar-refractivity contribution in [2.24, 2.45) is 0 Å². The van der Waals surface area contributed by atoms with E-state index >= 15 is 0 Å². The molecule has 2 aromatic heterocycles. The van der Waals surface area contributed by atoms with Crippen LogP contribution in [-0.4, -0.2) is 39.6 Å². The monoisotopic (exact) mass is 365 g/mol. The minimum atomic E-state index is -1.11. The maximum Gasteiger partial charge on any atom is 0.356 e. The van der Waals surface area contributed by atoms with Crippen LogP contribution < -0.4 is 10.6 Å². The van der Waals surface area contributed by atoms with Gasteiger partial charge in [-0.1, -0.05) is 38.1 Å². The lowest BCUT2D eigenvalue weighted by molar-refractivity contribution is 0.0692. The third-order valence-electron chi connectivity index (χ3n) is 4.48. The molecule has 0 amide bonds. The minimum Gasteiger partial charge on any atom is -0.476 e. The molecule has 3 aromatic rings. The summed E-state index contributed by atoms with van der Waals surface area (Å²) < 4.78 is 0. The number of rotatable bonds is 7. The van der Waals surface area contributed by atoms with Crippen molar-refractivity contribution in [2.45, 2.75) is 25.8 Å². The van der Waals surface area contributed by atoms with Crippen LogP contribution in [0.15, 0.2) is 42.9 Å². The fraction of sp³-hybridized carbons (Fsp3) is 0.300. The molecule has 0 aliphatic rings. The second kappa shape index (κ2) is 8.09. The van der Waals surface area contributed by atoms with Gasteiger partial charge in [-0.25, -0.2) is 19.7 Å². The molecule has 1 aromatic carbocycles. The maximum atomic E-state index is 11.4. The van der Waals surface area contributed by atoms with E-state index in [9.17, 15) is 9.90 Å². The van der Waals surface area contributed by atoms with Gasteiger partial charge in [0.2, 0.25) is 0 Å². The Balaban J connectivity index is 1.97. The zero-order chi connectivity index (χ0) is 19.4. The van der Waals surface area contributed by atoms with E-state index in [0.29, 0.717) is 29.2 Å². The Morgan fingerprint density at radius 2 is 1.78 bits per heavy atom. The summed E-state index contributed by atoms with van der Waals surface area (Å²) in [5.41, 5.74) is 2.64. The van der Waals surface area contributed by atoms with Crippen molar-refractivity contribution in [3.8, 4) is 0 Å². The number of fused-ring (bicyclic) bond motifs is 1. The number of benzene rings is 1. The van der Waals surface area contributed by atoms with Crippen LogP contribution >= 0.6 is 0 Å². The Labute approximate surface area is 157 Å². The van der Waals surface area contributed by atoms with Gasteiger partial charge in [0, 0.05) is 18.1 Å². The Kier molecular flexibility index (Phi) is 5.61. The fourth-order valence-electron chi connectivity index (χ4n) is 3.00. The third kappa shape index (κ3) is 4.03. The van der Waals surface area contributed by atoms with Gasteiger partial charge in [0.1, 0.15) is 17.7 Å². The second-order valence-corrected chi connectivity index (χ2v) is 6.66. The molecule has 27 heavy (non-hydrogen) atoms. The van der Waals surface area contributed by atoms with Gasteiger partial charge in [0.25, 0.3) is 0 Å². The molecule has 140 valence electrons. The molecule has 0 aliphatic heterocycles. The van der Waals surface area contributed by atoms with Gasteiger partial charge >= 0.3 is 5.97 Å². The fourth-order valence-corrected chi connectivity index (χ4v) is 3.00. The number of aromatic nitrogens is 3. The normalized spacial score (nSPS) is 12.3. The van der Waals surface area contributed by atoms with E-state index < -0.39 is 5.97 Å². The molecule has 7 nitrogen and oxygen atoms in total. The van der Waals surface area contributed by atoms with Crippen LogP contribution in [0.4, 0.5) is 5.82 Å². The summed E-state index contributed by atoms with van der Waals surface area (Å²) in [4.78, 5) is 23.8. The topological polar surface area (TPSA) is 100 Å². The molecule has 3 rings (SSSR count). The average molecular weight is 365 g/mol. The highest BCUT2D eigenvalue weighted by molar-refractivity contribution is 6.02. The zero-order valence-corrected chi connectivity index (χ0v) is 15.6. The van der Waals surface area contributed by atoms with Crippen molar-refractivity contribution in [1.82, 2.24) is 20.3 Å². The Bertz CT molecular complexity index is 941. The van der Waals surface area contributed by atoms with Crippen LogP contribution in [0.1, 0.15) is 47.4 Å². The van der Waals surface area contributed by atoms with Gasteiger partial charge < -0.3 is 15.7 Å². The maximum absolute atomic E-state index is 11.4. The van der Waals surface area contributed by atoms with Crippen LogP contribution in [0, 0.1) is 0 Å². The van der Waals surface area contributed by atoms with E-state index in [2.05, 4.69) is 63.7 Å². The number of likely N-dealkylation sites (N-methyl/N-ethyl adjacent to an activating group) is 1. The molecule has 1 atom stereocenters. The standard InChI is InChI=1S/C20H23N5O2/c1-12(2)13-4-6-14(7-5-13)16(10-21-3)25-19-15-8-9-22-18(20(26)27)17(15)23-11-24-19/h4-9,11-12,16,21H,10H2,1-3H3,(H,26,27)(H,23,24,25). The van der Waals surface area contributed by atoms with E-state index in [-0.39, 0.29) is 11.7 Å². The van der Waals surface area contributed by atoms with Crippen molar-refractivity contribution < 1.29 is 9.90 Å². The molecule has 0 radical (unpaired) electrons. The molecule has 0 saturated carbocycles. The predicted octanol–water partition coefficient (Wildman–Crippen LogP) is 3.22. The van der Waals surface area contributed by atoms with E-state index in [1.165, 1.54) is 18.1 Å². The molecule has 0 spiro atoms. The van der Waals surface area contributed by atoms with Crippen LogP contribution in [0.25, 0.3) is 10.9 Å². The molecule has 0 bridgehead atoms. The van der Waals surface area contributed by atoms with Crippen molar-refractivity contribution in [2.75, 3.05) is 18.9 Å². The molecular formula is C20H23N5O2. The second-order valence-electron chi connectivity index (χ2n) is 6.66. The number of pyridine rings is 1. The molecular weight excluding hydrogens is 342 g/mol. The Morgan fingerprint density at radius 1 is 1.07 bits per heavy atom. The molecule has 7 heteroatoms. The quantitative estimate of drug-likeness (QED) is 0.591. The van der Waals surface area contributed by atoms with E-state index in [1.807, 2.05) is 7.05 Å². The van der Waals surface area contributed by atoms with Gasteiger partial charge in [0.15, 0.2) is 5.69 Å². The number of carbonyl (C=O) groups is 1. The number of aromatic carboxylic acids is 1. The molecule has 0 aliphatic carbocycles. The predicted molar refractivity (Wildman–Crippen MR) is 105 cm³/mol. The van der Waals surface area contributed by atoms with Gasteiger partial charge in [-0.3, -0.25) is 0 Å². The molecule has 2 heterocycles. The highest BCUT2D eigenvalue weighted by atomic mass is 16.4. The van der Waals surface area contributed by atoms with Crippen LogP contribution in [0.5, 0.6) is 0 Å². The molecule has 0 fully saturated rings. The zero-order valence-electron chi connectivity index (χ0n) is 15.6.